The van der Waals surface area contributed by atoms with E-state index in [1.165, 1.54) is 0 Å². The summed E-state index contributed by atoms with van der Waals surface area (Å²) in [4.78, 5) is 46.9. The summed E-state index contributed by atoms with van der Waals surface area (Å²) in [6.07, 6.45) is 1.57. The average Bonchev–Trinajstić information content (AvgIpc) is 2.45. The molecule has 0 aromatic rings. The first-order valence-electron chi connectivity index (χ1n) is 7.54. The predicted octanol–water partition coefficient (Wildman–Crippen LogP) is 0.352. The zero-order valence-electron chi connectivity index (χ0n) is 12.8. The van der Waals surface area contributed by atoms with Crippen molar-refractivity contribution in [3.63, 3.8) is 0 Å². The standard InChI is InChI=1S/C14H19NO7S/c1-23(21,22)8-5-6-9(10(7-8)15(19)20)14(18)13-11(16)3-2-4-12(13)17/h8-10,13H,2-7H2,1H3. The molecule has 0 amide bonds. The molecule has 0 aromatic carbocycles. The Bertz CT molecular complexity index is 638. The first kappa shape index (κ1) is 17.7. The molecule has 0 aromatic heterocycles. The molecule has 0 N–H and O–H groups in total. The molecule has 2 aliphatic carbocycles. The minimum Gasteiger partial charge on any atom is -0.298 e. The highest BCUT2D eigenvalue weighted by atomic mass is 32.2. The van der Waals surface area contributed by atoms with Crippen LogP contribution >= 0.6 is 0 Å². The molecule has 3 unspecified atom stereocenters. The molecule has 2 aliphatic rings. The molecular weight excluding hydrogens is 326 g/mol. The molecule has 8 nitrogen and oxygen atoms in total. The molecule has 9 heteroatoms. The van der Waals surface area contributed by atoms with Crippen molar-refractivity contribution in [1.29, 1.82) is 0 Å². The third-order valence-corrected chi connectivity index (χ3v) is 6.42. The molecule has 0 radical (unpaired) electrons. The van der Waals surface area contributed by atoms with Gasteiger partial charge in [0.25, 0.3) is 0 Å². The first-order chi connectivity index (χ1) is 10.6. The fourth-order valence-electron chi connectivity index (χ4n) is 3.50. The van der Waals surface area contributed by atoms with Crippen LogP contribution < -0.4 is 0 Å². The Morgan fingerprint density at radius 1 is 1.17 bits per heavy atom. The quantitative estimate of drug-likeness (QED) is 0.408. The number of carbonyl (C=O) groups is 3. The lowest BCUT2D eigenvalue weighted by Gasteiger charge is -2.31. The Hall–Kier alpha value is -1.64. The van der Waals surface area contributed by atoms with E-state index in [4.69, 9.17) is 0 Å². The second kappa shape index (κ2) is 6.46. The summed E-state index contributed by atoms with van der Waals surface area (Å²) < 4.78 is 23.2. The Kier molecular flexibility index (Phi) is 4.98. The van der Waals surface area contributed by atoms with E-state index in [1.807, 2.05) is 0 Å². The fourth-order valence-corrected chi connectivity index (χ4v) is 4.61. The van der Waals surface area contributed by atoms with E-state index in [2.05, 4.69) is 0 Å². The minimum absolute atomic E-state index is 0.0132. The average molecular weight is 345 g/mol. The van der Waals surface area contributed by atoms with Gasteiger partial charge in [-0.15, -0.1) is 0 Å². The Labute approximate surface area is 133 Å². The molecule has 0 heterocycles. The van der Waals surface area contributed by atoms with E-state index < -0.39 is 55.2 Å². The van der Waals surface area contributed by atoms with E-state index in [9.17, 15) is 32.9 Å². The van der Waals surface area contributed by atoms with Crippen molar-refractivity contribution in [2.45, 2.75) is 49.8 Å². The second-order valence-electron chi connectivity index (χ2n) is 6.35. The molecule has 0 aliphatic heterocycles. The number of carbonyl (C=O) groups excluding carboxylic acids is 3. The summed E-state index contributed by atoms with van der Waals surface area (Å²) in [7, 11) is -3.44. The van der Waals surface area contributed by atoms with Gasteiger partial charge < -0.3 is 0 Å². The molecule has 0 bridgehead atoms. The van der Waals surface area contributed by atoms with Gasteiger partial charge in [-0.2, -0.15) is 0 Å². The summed E-state index contributed by atoms with van der Waals surface area (Å²) in [6, 6.07) is -1.36. The molecular formula is C14H19NO7S. The smallest absolute Gasteiger partial charge is 0.224 e. The van der Waals surface area contributed by atoms with Crippen LogP contribution in [-0.4, -0.2) is 48.2 Å². The lowest BCUT2D eigenvalue weighted by atomic mass is 9.73. The Morgan fingerprint density at radius 2 is 1.74 bits per heavy atom. The van der Waals surface area contributed by atoms with Gasteiger partial charge in [-0.3, -0.25) is 24.5 Å². The lowest BCUT2D eigenvalue weighted by Crippen LogP contribution is -2.48. The Morgan fingerprint density at radius 3 is 2.22 bits per heavy atom. The molecule has 23 heavy (non-hydrogen) atoms. The summed E-state index contributed by atoms with van der Waals surface area (Å²) >= 11 is 0. The van der Waals surface area contributed by atoms with Gasteiger partial charge in [0.05, 0.1) is 11.2 Å². The minimum atomic E-state index is -3.44. The van der Waals surface area contributed by atoms with Crippen LogP contribution in [0.4, 0.5) is 0 Å². The molecule has 128 valence electrons. The molecule has 2 fully saturated rings. The summed E-state index contributed by atoms with van der Waals surface area (Å²) in [5.41, 5.74) is 0. The maximum Gasteiger partial charge on any atom is 0.224 e. The van der Waals surface area contributed by atoms with E-state index in [0.29, 0.717) is 6.42 Å². The number of hydrogen-bond acceptors (Lipinski definition) is 7. The van der Waals surface area contributed by atoms with Crippen LogP contribution in [0.1, 0.15) is 38.5 Å². The van der Waals surface area contributed by atoms with Crippen molar-refractivity contribution >= 4 is 27.2 Å². The van der Waals surface area contributed by atoms with E-state index in [0.717, 1.165) is 6.26 Å². The van der Waals surface area contributed by atoms with Crippen LogP contribution in [0, 0.1) is 22.0 Å². The zero-order valence-corrected chi connectivity index (χ0v) is 13.6. The fraction of sp³-hybridized carbons (Fsp3) is 0.786. The summed E-state index contributed by atoms with van der Waals surface area (Å²) in [5.74, 6) is -4.12. The van der Waals surface area contributed by atoms with Gasteiger partial charge in [0.1, 0.15) is 5.92 Å². The van der Waals surface area contributed by atoms with Crippen LogP contribution in [-0.2, 0) is 24.2 Å². The van der Waals surface area contributed by atoms with Crippen LogP contribution in [0.3, 0.4) is 0 Å². The van der Waals surface area contributed by atoms with Crippen molar-refractivity contribution in [3.8, 4) is 0 Å². The van der Waals surface area contributed by atoms with Gasteiger partial charge in [-0.05, 0) is 19.3 Å². The molecule has 2 rings (SSSR count). The first-order valence-corrected chi connectivity index (χ1v) is 9.50. The molecule has 2 saturated carbocycles. The van der Waals surface area contributed by atoms with Crippen LogP contribution in [0.25, 0.3) is 0 Å². The van der Waals surface area contributed by atoms with E-state index in [1.54, 1.807) is 0 Å². The molecule has 0 saturated heterocycles. The van der Waals surface area contributed by atoms with Gasteiger partial charge in [0.2, 0.25) is 6.04 Å². The monoisotopic (exact) mass is 345 g/mol. The van der Waals surface area contributed by atoms with Crippen molar-refractivity contribution in [2.75, 3.05) is 6.26 Å². The van der Waals surface area contributed by atoms with Crippen LogP contribution in [0.5, 0.6) is 0 Å². The zero-order chi connectivity index (χ0) is 17.4. The van der Waals surface area contributed by atoms with E-state index >= 15 is 0 Å². The number of Topliss-reactive ketones (excluding diaryl/α,β-unsaturated/α-hetero) is 3. The normalized spacial score (nSPS) is 30.2. The highest BCUT2D eigenvalue weighted by molar-refractivity contribution is 7.91. The third-order valence-electron chi connectivity index (χ3n) is 4.79. The van der Waals surface area contributed by atoms with Gasteiger partial charge >= 0.3 is 0 Å². The molecule has 0 spiro atoms. The summed E-state index contributed by atoms with van der Waals surface area (Å²) in [5, 5.41) is 10.4. The number of ketones is 3. The van der Waals surface area contributed by atoms with Gasteiger partial charge in [0, 0.05) is 30.4 Å². The van der Waals surface area contributed by atoms with E-state index in [-0.39, 0.29) is 32.1 Å². The number of rotatable bonds is 4. The number of nitrogens with zero attached hydrogens (tertiary/aromatic N) is 1. The number of sulfone groups is 1. The van der Waals surface area contributed by atoms with Crippen molar-refractivity contribution < 1.29 is 27.7 Å². The summed E-state index contributed by atoms with van der Waals surface area (Å²) in [6.45, 7) is 0. The van der Waals surface area contributed by atoms with Gasteiger partial charge in [-0.25, -0.2) is 8.42 Å². The second-order valence-corrected chi connectivity index (χ2v) is 8.67. The van der Waals surface area contributed by atoms with Crippen LogP contribution in [0.2, 0.25) is 0 Å². The van der Waals surface area contributed by atoms with Crippen molar-refractivity contribution in [3.05, 3.63) is 10.1 Å². The van der Waals surface area contributed by atoms with Gasteiger partial charge in [0.15, 0.2) is 27.2 Å². The van der Waals surface area contributed by atoms with Crippen molar-refractivity contribution in [1.82, 2.24) is 0 Å². The maximum absolute atomic E-state index is 12.5. The largest absolute Gasteiger partial charge is 0.298 e. The molecule has 3 atom stereocenters. The third kappa shape index (κ3) is 3.65. The number of nitro groups is 1. The SMILES string of the molecule is CS(=O)(=O)C1CCC(C(=O)C2C(=O)CCCC2=O)C([N+](=O)[O-])C1. The maximum atomic E-state index is 12.5. The van der Waals surface area contributed by atoms with Crippen molar-refractivity contribution in [2.24, 2.45) is 11.8 Å². The lowest BCUT2D eigenvalue weighted by molar-refractivity contribution is -0.532. The topological polar surface area (TPSA) is 128 Å². The highest BCUT2D eigenvalue weighted by Crippen LogP contribution is 2.34. The Balaban J connectivity index is 2.24. The van der Waals surface area contributed by atoms with Crippen LogP contribution in [0.15, 0.2) is 0 Å². The highest BCUT2D eigenvalue weighted by Gasteiger charge is 2.49. The number of hydrogen-bond donors (Lipinski definition) is 0. The van der Waals surface area contributed by atoms with Gasteiger partial charge in [-0.1, -0.05) is 0 Å². The predicted molar refractivity (Wildman–Crippen MR) is 79.1 cm³/mol.